The zero-order valence-electron chi connectivity index (χ0n) is 36.7. The molecule has 9 aromatic carbocycles. The Balaban J connectivity index is 1.09. The summed E-state index contributed by atoms with van der Waals surface area (Å²) < 4.78 is 9.41. The quantitative estimate of drug-likeness (QED) is 0.152. The summed E-state index contributed by atoms with van der Waals surface area (Å²) >= 11 is 0. The fraction of sp³-hybridized carbons (Fsp3) is 0. The fourth-order valence-electron chi connectivity index (χ4n) is 9.70. The van der Waals surface area contributed by atoms with Crippen LogP contribution in [0.2, 0.25) is 0 Å². The van der Waals surface area contributed by atoms with E-state index >= 15 is 0 Å². The van der Waals surface area contributed by atoms with Gasteiger partial charge in [-0.2, -0.15) is 0 Å². The lowest BCUT2D eigenvalue weighted by atomic mass is 9.92. The molecule has 0 aliphatic carbocycles. The highest BCUT2D eigenvalue weighted by molar-refractivity contribution is 6.25. The molecule has 0 spiro atoms. The van der Waals surface area contributed by atoms with E-state index in [4.69, 9.17) is 24.4 Å². The van der Waals surface area contributed by atoms with Crippen LogP contribution in [0.25, 0.3) is 128 Å². The second-order valence-electron chi connectivity index (χ2n) is 17.0. The molecule has 0 amide bonds. The molecule has 0 aliphatic heterocycles. The molecule has 0 unspecified atom stereocenters. The molecule has 0 saturated carbocycles. The standard InChI is InChI=1S/C62H39N5O/c1-6-19-40(20-7-1)44-35-45(41-21-8-2-9-22-41)37-46(36-44)47-38-53(62-65-60(42-23-10-3-11-24-42)64-61(66-62)43-25-12-4-13-26-43)57(63-39-47)52-31-18-30-51-56-55(68-59(51)52)34-33-50-49-29-16-17-32-54(49)67(58(50)56)48-27-14-5-15-28-48/h1-39H. The summed E-state index contributed by atoms with van der Waals surface area (Å²) in [5.74, 6) is 1.65. The molecule has 4 aromatic heterocycles. The van der Waals surface area contributed by atoms with E-state index < -0.39 is 0 Å². The number of rotatable bonds is 8. The van der Waals surface area contributed by atoms with E-state index in [1.165, 1.54) is 5.39 Å². The average molecular weight is 870 g/mol. The predicted molar refractivity (Wildman–Crippen MR) is 277 cm³/mol. The van der Waals surface area contributed by atoms with Crippen LogP contribution in [0.1, 0.15) is 0 Å². The third kappa shape index (κ3) is 6.74. The molecular formula is C62H39N5O. The minimum atomic E-state index is 0.504. The van der Waals surface area contributed by atoms with Crippen LogP contribution in [0.15, 0.2) is 241 Å². The van der Waals surface area contributed by atoms with Crippen molar-refractivity contribution in [1.82, 2.24) is 24.5 Å². The van der Waals surface area contributed by atoms with Gasteiger partial charge in [0.2, 0.25) is 0 Å². The largest absolute Gasteiger partial charge is 0.455 e. The molecule has 6 nitrogen and oxygen atoms in total. The highest BCUT2D eigenvalue weighted by Crippen LogP contribution is 2.45. The van der Waals surface area contributed by atoms with Crippen LogP contribution in [-0.4, -0.2) is 24.5 Å². The Morgan fingerprint density at radius 3 is 1.49 bits per heavy atom. The van der Waals surface area contributed by atoms with Gasteiger partial charge in [0, 0.05) is 55.9 Å². The molecule has 0 fully saturated rings. The van der Waals surface area contributed by atoms with Crippen LogP contribution in [0.4, 0.5) is 0 Å². The van der Waals surface area contributed by atoms with Gasteiger partial charge < -0.3 is 8.98 Å². The summed E-state index contributed by atoms with van der Waals surface area (Å²) in [5.41, 5.74) is 15.3. The van der Waals surface area contributed by atoms with Gasteiger partial charge >= 0.3 is 0 Å². The van der Waals surface area contributed by atoms with Gasteiger partial charge in [0.15, 0.2) is 17.5 Å². The Morgan fingerprint density at radius 1 is 0.353 bits per heavy atom. The topological polar surface area (TPSA) is 69.6 Å². The predicted octanol–water partition coefficient (Wildman–Crippen LogP) is 15.9. The maximum Gasteiger partial charge on any atom is 0.166 e. The molecule has 0 N–H and O–H groups in total. The molecule has 0 aliphatic rings. The van der Waals surface area contributed by atoms with Crippen LogP contribution >= 0.6 is 0 Å². The molecule has 68 heavy (non-hydrogen) atoms. The smallest absolute Gasteiger partial charge is 0.166 e. The minimum Gasteiger partial charge on any atom is -0.455 e. The first kappa shape index (κ1) is 39.1. The molecule has 4 heterocycles. The van der Waals surface area contributed by atoms with Crippen molar-refractivity contribution >= 4 is 43.7 Å². The Hall–Kier alpha value is -9.26. The SMILES string of the molecule is c1ccc(-c2cc(-c3ccccc3)cc(-c3cnc(-c4cccc5c4oc4ccc6c7ccccc7n(-c7ccccc7)c6c45)c(-c4nc(-c5ccccc5)nc(-c5ccccc5)n4)c3)c2)cc1. The van der Waals surface area contributed by atoms with Crippen molar-refractivity contribution in [2.75, 3.05) is 0 Å². The first-order chi connectivity index (χ1) is 33.7. The number of para-hydroxylation sites is 3. The molecule has 6 heteroatoms. The molecule has 13 rings (SSSR count). The van der Waals surface area contributed by atoms with Gasteiger partial charge in [-0.25, -0.2) is 15.0 Å². The fourth-order valence-corrected chi connectivity index (χ4v) is 9.70. The number of hydrogen-bond acceptors (Lipinski definition) is 5. The Labute approximate surface area is 392 Å². The van der Waals surface area contributed by atoms with Crippen molar-refractivity contribution in [2.24, 2.45) is 0 Å². The van der Waals surface area contributed by atoms with Crippen molar-refractivity contribution in [2.45, 2.75) is 0 Å². The second-order valence-corrected chi connectivity index (χ2v) is 17.0. The monoisotopic (exact) mass is 869 g/mol. The number of aromatic nitrogens is 5. The summed E-state index contributed by atoms with van der Waals surface area (Å²) in [6.45, 7) is 0. The summed E-state index contributed by atoms with van der Waals surface area (Å²) in [6.07, 6.45) is 1.97. The summed E-state index contributed by atoms with van der Waals surface area (Å²) in [4.78, 5) is 21.1. The van der Waals surface area contributed by atoms with Gasteiger partial charge in [0.05, 0.1) is 22.1 Å². The molecule has 318 valence electrons. The highest BCUT2D eigenvalue weighted by Gasteiger charge is 2.24. The lowest BCUT2D eigenvalue weighted by Gasteiger charge is -2.15. The zero-order valence-corrected chi connectivity index (χ0v) is 36.7. The van der Waals surface area contributed by atoms with Crippen LogP contribution in [-0.2, 0) is 0 Å². The minimum absolute atomic E-state index is 0.504. The Bertz CT molecular complexity index is 3880. The second kappa shape index (κ2) is 16.3. The number of pyridine rings is 1. The third-order valence-corrected chi connectivity index (χ3v) is 12.9. The van der Waals surface area contributed by atoms with Crippen LogP contribution < -0.4 is 0 Å². The van der Waals surface area contributed by atoms with Crippen molar-refractivity contribution in [3.63, 3.8) is 0 Å². The van der Waals surface area contributed by atoms with Gasteiger partial charge in [0.25, 0.3) is 0 Å². The van der Waals surface area contributed by atoms with Gasteiger partial charge in [0.1, 0.15) is 11.2 Å². The van der Waals surface area contributed by atoms with Gasteiger partial charge in [-0.1, -0.05) is 170 Å². The van der Waals surface area contributed by atoms with Crippen molar-refractivity contribution in [1.29, 1.82) is 0 Å². The first-order valence-corrected chi connectivity index (χ1v) is 22.8. The molecule has 13 aromatic rings. The lowest BCUT2D eigenvalue weighted by molar-refractivity contribution is 0.670. The van der Waals surface area contributed by atoms with Crippen molar-refractivity contribution in [3.05, 3.63) is 237 Å². The lowest BCUT2D eigenvalue weighted by Crippen LogP contribution is -2.02. The number of benzene rings is 9. The van der Waals surface area contributed by atoms with Gasteiger partial charge in [-0.15, -0.1) is 0 Å². The average Bonchev–Trinajstić information content (AvgIpc) is 3.98. The molecule has 0 bridgehead atoms. The Morgan fingerprint density at radius 2 is 0.868 bits per heavy atom. The van der Waals surface area contributed by atoms with Crippen molar-refractivity contribution in [3.8, 4) is 84.5 Å². The molecule has 0 atom stereocenters. The molecule has 0 saturated heterocycles. The maximum absolute atomic E-state index is 7.05. The summed E-state index contributed by atoms with van der Waals surface area (Å²) in [7, 11) is 0. The van der Waals surface area contributed by atoms with E-state index in [-0.39, 0.29) is 0 Å². The van der Waals surface area contributed by atoms with Crippen molar-refractivity contribution < 1.29 is 4.42 Å². The molecule has 0 radical (unpaired) electrons. The number of nitrogens with zero attached hydrogens (tertiary/aromatic N) is 5. The third-order valence-electron chi connectivity index (χ3n) is 12.9. The Kier molecular flexibility index (Phi) is 9.39. The maximum atomic E-state index is 7.05. The zero-order chi connectivity index (χ0) is 45.0. The van der Waals surface area contributed by atoms with Gasteiger partial charge in [-0.05, 0) is 88.5 Å². The number of furan rings is 1. The van der Waals surface area contributed by atoms with E-state index in [0.29, 0.717) is 23.2 Å². The van der Waals surface area contributed by atoms with E-state index in [1.54, 1.807) is 0 Å². The molecular weight excluding hydrogens is 831 g/mol. The highest BCUT2D eigenvalue weighted by atomic mass is 16.3. The van der Waals surface area contributed by atoms with Gasteiger partial charge in [-0.3, -0.25) is 4.98 Å². The van der Waals surface area contributed by atoms with E-state index in [0.717, 1.165) is 99.7 Å². The number of hydrogen-bond donors (Lipinski definition) is 0. The van der Waals surface area contributed by atoms with Crippen LogP contribution in [0.3, 0.4) is 0 Å². The van der Waals surface area contributed by atoms with Crippen LogP contribution in [0, 0.1) is 0 Å². The van der Waals surface area contributed by atoms with Crippen LogP contribution in [0.5, 0.6) is 0 Å². The van der Waals surface area contributed by atoms with E-state index in [9.17, 15) is 0 Å². The normalized spacial score (nSPS) is 11.5. The van der Waals surface area contributed by atoms with E-state index in [1.807, 2.05) is 66.9 Å². The van der Waals surface area contributed by atoms with E-state index in [2.05, 4.69) is 174 Å². The summed E-state index contributed by atoms with van der Waals surface area (Å²) in [5, 5.41) is 4.38. The number of fused-ring (bicyclic) bond motifs is 7. The first-order valence-electron chi connectivity index (χ1n) is 22.8. The summed E-state index contributed by atoms with van der Waals surface area (Å²) in [6, 6.07) is 80.0.